The second kappa shape index (κ2) is 7.24. The molecule has 0 aliphatic carbocycles. The Balaban J connectivity index is 1.51. The number of thioether (sulfide) groups is 1. The lowest BCUT2D eigenvalue weighted by molar-refractivity contribution is -0.138. The van der Waals surface area contributed by atoms with Gasteiger partial charge in [0.2, 0.25) is 0 Å². The summed E-state index contributed by atoms with van der Waals surface area (Å²) in [6.45, 7) is 4.17. The molecule has 1 amide bonds. The van der Waals surface area contributed by atoms with E-state index in [2.05, 4.69) is 41.4 Å². The van der Waals surface area contributed by atoms with Gasteiger partial charge in [0.25, 0.3) is 5.91 Å². The second-order valence-corrected chi connectivity index (χ2v) is 7.94. The zero-order chi connectivity index (χ0) is 16.3. The van der Waals surface area contributed by atoms with E-state index in [4.69, 9.17) is 0 Å². The van der Waals surface area contributed by atoms with Gasteiger partial charge in [0.05, 0.1) is 0 Å². The number of benzene rings is 1. The summed E-state index contributed by atoms with van der Waals surface area (Å²) in [5, 5.41) is 13.4. The third-order valence-corrected chi connectivity index (χ3v) is 6.18. The van der Waals surface area contributed by atoms with Gasteiger partial charge in [-0.3, -0.25) is 9.69 Å². The molecule has 2 N–H and O–H groups in total. The zero-order valence-corrected chi connectivity index (χ0v) is 14.5. The van der Waals surface area contributed by atoms with Crippen molar-refractivity contribution in [3.05, 3.63) is 35.9 Å². The molecule has 23 heavy (non-hydrogen) atoms. The number of carbonyl (C=O) groups is 1. The molecule has 3 unspecified atom stereocenters. The van der Waals surface area contributed by atoms with Gasteiger partial charge in [0.1, 0.15) is 0 Å². The fourth-order valence-corrected chi connectivity index (χ4v) is 4.70. The van der Waals surface area contributed by atoms with Crippen molar-refractivity contribution < 1.29 is 9.90 Å². The lowest BCUT2D eigenvalue weighted by Gasteiger charge is -2.38. The first-order valence-corrected chi connectivity index (χ1v) is 9.61. The first kappa shape index (κ1) is 16.8. The number of hydrogen-bond donors (Lipinski definition) is 2. The van der Waals surface area contributed by atoms with Crippen LogP contribution in [-0.4, -0.2) is 51.6 Å². The number of aliphatic hydroxyl groups is 1. The number of nitrogens with one attached hydrogen (secondary N) is 1. The topological polar surface area (TPSA) is 52.6 Å². The summed E-state index contributed by atoms with van der Waals surface area (Å²) in [7, 11) is 0. The van der Waals surface area contributed by atoms with Crippen LogP contribution < -0.4 is 5.32 Å². The lowest BCUT2D eigenvalue weighted by atomic mass is 9.95. The normalized spacial score (nSPS) is 31.9. The van der Waals surface area contributed by atoms with E-state index in [1.165, 1.54) is 5.56 Å². The summed E-state index contributed by atoms with van der Waals surface area (Å²) in [6, 6.07) is 11.1. The second-order valence-electron chi connectivity index (χ2n) is 6.83. The first-order chi connectivity index (χ1) is 11.1. The van der Waals surface area contributed by atoms with Crippen LogP contribution >= 0.6 is 11.8 Å². The molecule has 126 valence electrons. The smallest absolute Gasteiger partial charge is 0.253 e. The van der Waals surface area contributed by atoms with Crippen molar-refractivity contribution in [2.45, 2.75) is 50.4 Å². The van der Waals surface area contributed by atoms with Gasteiger partial charge in [-0.05, 0) is 37.5 Å². The van der Waals surface area contributed by atoms with Gasteiger partial charge in [-0.2, -0.15) is 11.8 Å². The van der Waals surface area contributed by atoms with Gasteiger partial charge in [0, 0.05) is 30.9 Å². The Kier molecular flexibility index (Phi) is 5.29. The highest BCUT2D eigenvalue weighted by molar-refractivity contribution is 7.99. The Labute approximate surface area is 142 Å². The van der Waals surface area contributed by atoms with Crippen molar-refractivity contribution in [1.29, 1.82) is 0 Å². The van der Waals surface area contributed by atoms with E-state index in [1.807, 2.05) is 6.07 Å². The van der Waals surface area contributed by atoms with Crippen LogP contribution in [0.25, 0.3) is 0 Å². The number of piperidine rings is 1. The maximum Gasteiger partial charge on any atom is 0.253 e. The highest BCUT2D eigenvalue weighted by Crippen LogP contribution is 2.28. The number of rotatable bonds is 4. The number of likely N-dealkylation sites (tertiary alicyclic amines) is 1. The van der Waals surface area contributed by atoms with E-state index in [0.717, 1.165) is 31.7 Å². The molecule has 0 saturated carbocycles. The maximum atomic E-state index is 12.3. The Bertz CT molecular complexity index is 531. The average molecular weight is 334 g/mol. The number of carbonyl (C=O) groups excluding carboxylic acids is 1. The van der Waals surface area contributed by atoms with E-state index in [-0.39, 0.29) is 11.9 Å². The SMILES string of the molecule is CC1CC(NC(=O)C2(O)CCSC2)CCN1Cc1ccccc1. The quantitative estimate of drug-likeness (QED) is 0.885. The standard InChI is InChI=1S/C18H26N2O2S/c1-14-11-16(19-17(21)18(22)8-10-23-13-18)7-9-20(14)12-15-5-3-2-4-6-15/h2-6,14,16,22H,7-13H2,1H3,(H,19,21). The van der Waals surface area contributed by atoms with E-state index >= 15 is 0 Å². The number of hydrogen-bond acceptors (Lipinski definition) is 4. The van der Waals surface area contributed by atoms with E-state index in [1.54, 1.807) is 11.8 Å². The zero-order valence-electron chi connectivity index (χ0n) is 13.7. The summed E-state index contributed by atoms with van der Waals surface area (Å²) in [5.41, 5.74) is 0.189. The predicted octanol–water partition coefficient (Wildman–Crippen LogP) is 2.02. The fourth-order valence-electron chi connectivity index (χ4n) is 3.46. The molecule has 0 aromatic heterocycles. The van der Waals surface area contributed by atoms with Crippen molar-refractivity contribution >= 4 is 17.7 Å². The Morgan fingerprint density at radius 3 is 2.87 bits per heavy atom. The summed E-state index contributed by atoms with van der Waals surface area (Å²) in [5.74, 6) is 1.23. The molecule has 2 saturated heterocycles. The molecule has 0 bridgehead atoms. The minimum Gasteiger partial charge on any atom is -0.379 e. The molecule has 4 nitrogen and oxygen atoms in total. The minimum atomic E-state index is -1.14. The van der Waals surface area contributed by atoms with Crippen molar-refractivity contribution in [3.8, 4) is 0 Å². The highest BCUT2D eigenvalue weighted by atomic mass is 32.2. The molecule has 1 aromatic carbocycles. The van der Waals surface area contributed by atoms with Crippen molar-refractivity contribution in [2.24, 2.45) is 0 Å². The van der Waals surface area contributed by atoms with Crippen LogP contribution in [0.1, 0.15) is 31.7 Å². The van der Waals surface area contributed by atoms with E-state index < -0.39 is 5.60 Å². The maximum absolute atomic E-state index is 12.3. The van der Waals surface area contributed by atoms with Crippen molar-refractivity contribution in [3.63, 3.8) is 0 Å². The molecule has 2 fully saturated rings. The van der Waals surface area contributed by atoms with Crippen LogP contribution in [0.4, 0.5) is 0 Å². The Morgan fingerprint density at radius 1 is 1.43 bits per heavy atom. The number of amides is 1. The van der Waals surface area contributed by atoms with Crippen LogP contribution in [0, 0.1) is 0 Å². The van der Waals surface area contributed by atoms with Crippen molar-refractivity contribution in [2.75, 3.05) is 18.1 Å². The first-order valence-electron chi connectivity index (χ1n) is 8.46. The largest absolute Gasteiger partial charge is 0.379 e. The Morgan fingerprint density at radius 2 is 2.22 bits per heavy atom. The van der Waals surface area contributed by atoms with Crippen LogP contribution in [0.5, 0.6) is 0 Å². The molecular formula is C18H26N2O2S. The lowest BCUT2D eigenvalue weighted by Crippen LogP contribution is -2.54. The molecule has 3 rings (SSSR count). The summed E-state index contributed by atoms with van der Waals surface area (Å²) >= 11 is 1.65. The van der Waals surface area contributed by atoms with Gasteiger partial charge in [-0.15, -0.1) is 0 Å². The third-order valence-electron chi connectivity index (χ3n) is 5.00. The molecule has 2 aliphatic rings. The molecule has 0 spiro atoms. The fraction of sp³-hybridized carbons (Fsp3) is 0.611. The van der Waals surface area contributed by atoms with Crippen LogP contribution in [0.2, 0.25) is 0 Å². The molecule has 5 heteroatoms. The van der Waals surface area contributed by atoms with E-state index in [9.17, 15) is 9.90 Å². The predicted molar refractivity (Wildman–Crippen MR) is 94.4 cm³/mol. The molecular weight excluding hydrogens is 308 g/mol. The molecule has 2 heterocycles. The van der Waals surface area contributed by atoms with Crippen LogP contribution in [0.3, 0.4) is 0 Å². The average Bonchev–Trinajstić information content (AvgIpc) is 2.99. The summed E-state index contributed by atoms with van der Waals surface area (Å²) in [6.07, 6.45) is 2.47. The van der Waals surface area contributed by atoms with Gasteiger partial charge in [0.15, 0.2) is 5.60 Å². The van der Waals surface area contributed by atoms with Gasteiger partial charge in [-0.1, -0.05) is 30.3 Å². The van der Waals surface area contributed by atoms with Gasteiger partial charge < -0.3 is 10.4 Å². The van der Waals surface area contributed by atoms with E-state index in [0.29, 0.717) is 18.2 Å². The van der Waals surface area contributed by atoms with Crippen LogP contribution in [-0.2, 0) is 11.3 Å². The molecule has 2 aliphatic heterocycles. The third kappa shape index (κ3) is 4.08. The monoisotopic (exact) mass is 334 g/mol. The summed E-state index contributed by atoms with van der Waals surface area (Å²) in [4.78, 5) is 14.8. The molecule has 0 radical (unpaired) electrons. The highest BCUT2D eigenvalue weighted by Gasteiger charge is 2.40. The van der Waals surface area contributed by atoms with Crippen LogP contribution in [0.15, 0.2) is 30.3 Å². The Hall–Kier alpha value is -1.04. The number of nitrogens with zero attached hydrogens (tertiary/aromatic N) is 1. The molecule has 3 atom stereocenters. The molecule has 1 aromatic rings. The minimum absolute atomic E-state index is 0.170. The van der Waals surface area contributed by atoms with Crippen molar-refractivity contribution in [1.82, 2.24) is 10.2 Å². The van der Waals surface area contributed by atoms with Gasteiger partial charge in [-0.25, -0.2) is 0 Å². The van der Waals surface area contributed by atoms with Gasteiger partial charge >= 0.3 is 0 Å². The summed E-state index contributed by atoms with van der Waals surface area (Å²) < 4.78 is 0.